The van der Waals surface area contributed by atoms with Crippen LogP contribution >= 0.6 is 24.0 Å². The molecule has 156 valence electrons. The van der Waals surface area contributed by atoms with Crippen LogP contribution < -0.4 is 4.74 Å². The molecule has 0 aliphatic carbocycles. The van der Waals surface area contributed by atoms with Crippen LogP contribution in [0.3, 0.4) is 0 Å². The van der Waals surface area contributed by atoms with Crippen molar-refractivity contribution < 1.29 is 9.53 Å². The summed E-state index contributed by atoms with van der Waals surface area (Å²) in [7, 11) is 0. The number of thiocarbonyl (C=S) groups is 1. The molecule has 0 atom stereocenters. The van der Waals surface area contributed by atoms with Crippen LogP contribution in [-0.2, 0) is 17.8 Å². The molecule has 0 aromatic heterocycles. The number of thioether (sulfide) groups is 1. The molecule has 3 aromatic carbocycles. The molecule has 0 bridgehead atoms. The van der Waals surface area contributed by atoms with Crippen molar-refractivity contribution in [2.45, 2.75) is 20.0 Å². The molecule has 3 aromatic rings. The number of hydrogen-bond acceptors (Lipinski definition) is 4. The summed E-state index contributed by atoms with van der Waals surface area (Å²) in [6, 6.07) is 26.2. The van der Waals surface area contributed by atoms with Gasteiger partial charge in [0.1, 0.15) is 16.7 Å². The van der Waals surface area contributed by atoms with E-state index >= 15 is 0 Å². The van der Waals surface area contributed by atoms with Crippen molar-refractivity contribution in [1.82, 2.24) is 4.90 Å². The lowest BCUT2D eigenvalue weighted by Gasteiger charge is -2.14. The maximum Gasteiger partial charge on any atom is 0.266 e. The van der Waals surface area contributed by atoms with Gasteiger partial charge in [-0.05, 0) is 36.6 Å². The highest BCUT2D eigenvalue weighted by molar-refractivity contribution is 8.26. The van der Waals surface area contributed by atoms with Crippen molar-refractivity contribution in [3.63, 3.8) is 0 Å². The highest BCUT2D eigenvalue weighted by Gasteiger charge is 2.31. The third-order valence-corrected chi connectivity index (χ3v) is 6.44. The maximum absolute atomic E-state index is 13.0. The molecule has 1 fully saturated rings. The summed E-state index contributed by atoms with van der Waals surface area (Å²) >= 11 is 6.83. The lowest BCUT2D eigenvalue weighted by Crippen LogP contribution is -2.30. The van der Waals surface area contributed by atoms with E-state index < -0.39 is 0 Å². The average Bonchev–Trinajstić information content (AvgIpc) is 3.06. The van der Waals surface area contributed by atoms with Gasteiger partial charge in [0.2, 0.25) is 0 Å². The largest absolute Gasteiger partial charge is 0.488 e. The molecule has 0 radical (unpaired) electrons. The number of nitrogens with zero attached hydrogens (tertiary/aromatic N) is 1. The number of carbonyl (C=O) groups excluding carboxylic acids is 1. The first-order chi connectivity index (χ1) is 15.1. The van der Waals surface area contributed by atoms with E-state index in [1.807, 2.05) is 48.5 Å². The van der Waals surface area contributed by atoms with Crippen LogP contribution in [0.2, 0.25) is 0 Å². The second kappa shape index (κ2) is 9.94. The number of hydrogen-bond donors (Lipinski definition) is 0. The summed E-state index contributed by atoms with van der Waals surface area (Å²) in [5.74, 6) is 0.705. The standard InChI is InChI=1S/C26H23NO2S2/c1-19-11-13-21(14-12-19)18-29-23-10-6-5-9-22(23)17-24-25(28)27(26(30)31-24)16-15-20-7-3-2-4-8-20/h2-14,17H,15-16,18H2,1H3/b24-17-. The van der Waals surface area contributed by atoms with Gasteiger partial charge in [-0.2, -0.15) is 0 Å². The number of carbonyl (C=O) groups is 1. The maximum atomic E-state index is 13.0. The fourth-order valence-corrected chi connectivity index (χ4v) is 4.60. The highest BCUT2D eigenvalue weighted by Crippen LogP contribution is 2.34. The molecule has 5 heteroatoms. The van der Waals surface area contributed by atoms with Crippen molar-refractivity contribution in [3.8, 4) is 5.75 Å². The van der Waals surface area contributed by atoms with Gasteiger partial charge in [0.25, 0.3) is 5.91 Å². The Labute approximate surface area is 192 Å². The van der Waals surface area contributed by atoms with Gasteiger partial charge in [0, 0.05) is 12.1 Å². The molecule has 1 saturated heterocycles. The normalized spacial score (nSPS) is 15.0. The van der Waals surface area contributed by atoms with E-state index in [4.69, 9.17) is 17.0 Å². The van der Waals surface area contributed by atoms with Crippen molar-refractivity contribution in [2.75, 3.05) is 6.54 Å². The molecule has 0 unspecified atom stereocenters. The van der Waals surface area contributed by atoms with Gasteiger partial charge in [-0.25, -0.2) is 0 Å². The minimum absolute atomic E-state index is 0.0423. The van der Waals surface area contributed by atoms with E-state index in [1.54, 1.807) is 4.90 Å². The SMILES string of the molecule is Cc1ccc(COc2ccccc2/C=C2\SC(=S)N(CCc3ccccc3)C2=O)cc1. The number of para-hydroxylation sites is 1. The number of benzene rings is 3. The van der Waals surface area contributed by atoms with E-state index in [2.05, 4.69) is 43.3 Å². The molecule has 0 spiro atoms. The van der Waals surface area contributed by atoms with Gasteiger partial charge in [0.05, 0.1) is 4.91 Å². The Kier molecular flexibility index (Phi) is 6.85. The van der Waals surface area contributed by atoms with Crippen LogP contribution in [0.4, 0.5) is 0 Å². The molecule has 1 aliphatic rings. The molecule has 31 heavy (non-hydrogen) atoms. The first kappa shape index (κ1) is 21.3. The molecule has 1 heterocycles. The summed E-state index contributed by atoms with van der Waals surface area (Å²) in [5, 5.41) is 0. The van der Waals surface area contributed by atoms with Crippen molar-refractivity contribution >= 4 is 40.3 Å². The summed E-state index contributed by atoms with van der Waals surface area (Å²) in [5.41, 5.74) is 4.39. The second-order valence-electron chi connectivity index (χ2n) is 7.38. The quantitative estimate of drug-likeness (QED) is 0.329. The zero-order valence-electron chi connectivity index (χ0n) is 17.3. The zero-order chi connectivity index (χ0) is 21.6. The predicted octanol–water partition coefficient (Wildman–Crippen LogP) is 6.02. The Balaban J connectivity index is 1.46. The third kappa shape index (κ3) is 5.43. The van der Waals surface area contributed by atoms with E-state index in [0.29, 0.717) is 22.4 Å². The minimum atomic E-state index is -0.0423. The number of ether oxygens (including phenoxy) is 1. The zero-order valence-corrected chi connectivity index (χ0v) is 18.9. The molecule has 3 nitrogen and oxygen atoms in total. The van der Waals surface area contributed by atoms with E-state index in [1.165, 1.54) is 22.9 Å². The number of amides is 1. The van der Waals surface area contributed by atoms with E-state index in [0.717, 1.165) is 23.3 Å². The monoisotopic (exact) mass is 445 g/mol. The van der Waals surface area contributed by atoms with Gasteiger partial charge in [-0.3, -0.25) is 9.69 Å². The first-order valence-corrected chi connectivity index (χ1v) is 11.4. The fraction of sp³-hybridized carbons (Fsp3) is 0.154. The average molecular weight is 446 g/mol. The van der Waals surface area contributed by atoms with Crippen molar-refractivity contribution in [1.29, 1.82) is 0 Å². The first-order valence-electron chi connectivity index (χ1n) is 10.2. The molecular formula is C26H23NO2S2. The second-order valence-corrected chi connectivity index (χ2v) is 9.06. The van der Waals surface area contributed by atoms with Gasteiger partial charge in [0.15, 0.2) is 0 Å². The van der Waals surface area contributed by atoms with Crippen molar-refractivity contribution in [2.24, 2.45) is 0 Å². The molecule has 1 amide bonds. The lowest BCUT2D eigenvalue weighted by atomic mass is 10.1. The predicted molar refractivity (Wildman–Crippen MR) is 132 cm³/mol. The highest BCUT2D eigenvalue weighted by atomic mass is 32.2. The summed E-state index contributed by atoms with van der Waals surface area (Å²) in [6.07, 6.45) is 2.66. The Morgan fingerprint density at radius 3 is 2.42 bits per heavy atom. The number of rotatable bonds is 7. The van der Waals surface area contributed by atoms with Crippen LogP contribution in [0.5, 0.6) is 5.75 Å². The summed E-state index contributed by atoms with van der Waals surface area (Å²) in [6.45, 7) is 3.12. The lowest BCUT2D eigenvalue weighted by molar-refractivity contribution is -0.122. The third-order valence-electron chi connectivity index (χ3n) is 5.06. The topological polar surface area (TPSA) is 29.5 Å². The van der Waals surface area contributed by atoms with Crippen molar-refractivity contribution in [3.05, 3.63) is 106 Å². The van der Waals surface area contributed by atoms with Crippen LogP contribution in [0.25, 0.3) is 6.08 Å². The van der Waals surface area contributed by atoms with Crippen LogP contribution in [0.15, 0.2) is 83.8 Å². The Bertz CT molecular complexity index is 1110. The van der Waals surface area contributed by atoms with Gasteiger partial charge < -0.3 is 4.74 Å². The van der Waals surface area contributed by atoms with Gasteiger partial charge in [-0.1, -0.05) is 102 Å². The summed E-state index contributed by atoms with van der Waals surface area (Å²) in [4.78, 5) is 15.3. The molecule has 1 aliphatic heterocycles. The number of aryl methyl sites for hydroxylation is 1. The Hall–Kier alpha value is -2.89. The van der Waals surface area contributed by atoms with Crippen LogP contribution in [-0.4, -0.2) is 21.7 Å². The Morgan fingerprint density at radius 2 is 1.65 bits per heavy atom. The van der Waals surface area contributed by atoms with Gasteiger partial charge in [-0.15, -0.1) is 0 Å². The molecule has 0 N–H and O–H groups in total. The smallest absolute Gasteiger partial charge is 0.266 e. The minimum Gasteiger partial charge on any atom is -0.488 e. The fourth-order valence-electron chi connectivity index (χ4n) is 3.30. The van der Waals surface area contributed by atoms with Gasteiger partial charge >= 0.3 is 0 Å². The Morgan fingerprint density at radius 1 is 0.935 bits per heavy atom. The molecule has 0 saturated carbocycles. The molecular weight excluding hydrogens is 422 g/mol. The van der Waals surface area contributed by atoms with Crippen LogP contribution in [0, 0.1) is 6.92 Å². The molecule has 4 rings (SSSR count). The summed E-state index contributed by atoms with van der Waals surface area (Å²) < 4.78 is 6.66. The van der Waals surface area contributed by atoms with E-state index in [9.17, 15) is 4.79 Å². The van der Waals surface area contributed by atoms with E-state index in [-0.39, 0.29) is 5.91 Å². The van der Waals surface area contributed by atoms with Crippen LogP contribution in [0.1, 0.15) is 22.3 Å².